The lowest BCUT2D eigenvalue weighted by atomic mass is 10.3. The summed E-state index contributed by atoms with van der Waals surface area (Å²) in [7, 11) is 1.89. The second-order valence-corrected chi connectivity index (χ2v) is 2.99. The van der Waals surface area contributed by atoms with Gasteiger partial charge < -0.3 is 5.73 Å². The second-order valence-electron chi connectivity index (χ2n) is 2.14. The van der Waals surface area contributed by atoms with Gasteiger partial charge in [-0.05, 0) is 22.5 Å². The Morgan fingerprint density at radius 2 is 2.36 bits per heavy atom. The minimum atomic E-state index is 0. The topological polar surface area (TPSA) is 43.8 Å². The molecule has 0 saturated heterocycles. The van der Waals surface area contributed by atoms with Gasteiger partial charge in [0.15, 0.2) is 0 Å². The summed E-state index contributed by atoms with van der Waals surface area (Å²) in [6.45, 7) is 0.648. The normalized spacial score (nSPS) is 9.36. The predicted molar refractivity (Wildman–Crippen MR) is 50.9 cm³/mol. The van der Waals surface area contributed by atoms with E-state index >= 15 is 0 Å². The number of hydrogen-bond acceptors (Lipinski definition) is 2. The van der Waals surface area contributed by atoms with E-state index in [-0.39, 0.29) is 12.4 Å². The summed E-state index contributed by atoms with van der Waals surface area (Å²) in [6.07, 6.45) is 2.76. The Kier molecular flexibility index (Phi) is 4.72. The van der Waals surface area contributed by atoms with Crippen LogP contribution < -0.4 is 5.73 Å². The van der Waals surface area contributed by atoms with E-state index < -0.39 is 0 Å². The molecule has 0 saturated carbocycles. The lowest BCUT2D eigenvalue weighted by molar-refractivity contribution is 0.739. The molecule has 0 aromatic carbocycles. The zero-order valence-electron chi connectivity index (χ0n) is 6.25. The zero-order valence-corrected chi connectivity index (χ0v) is 8.65. The molecule has 0 radical (unpaired) electrons. The standard InChI is InChI=1S/C6H10BrN3.ClH/c1-10-4-5(7)6(9-10)2-3-8;/h4H,2-3,8H2,1H3;1H. The van der Waals surface area contributed by atoms with E-state index in [9.17, 15) is 0 Å². The molecule has 2 N–H and O–H groups in total. The van der Waals surface area contributed by atoms with Gasteiger partial charge in [-0.25, -0.2) is 0 Å². The van der Waals surface area contributed by atoms with Crippen molar-refractivity contribution >= 4 is 28.3 Å². The molecule has 0 aliphatic carbocycles. The van der Waals surface area contributed by atoms with E-state index in [1.807, 2.05) is 13.2 Å². The Balaban J connectivity index is 0.000001000. The summed E-state index contributed by atoms with van der Waals surface area (Å²) in [5.74, 6) is 0. The van der Waals surface area contributed by atoms with Gasteiger partial charge in [0.2, 0.25) is 0 Å². The van der Waals surface area contributed by atoms with Gasteiger partial charge >= 0.3 is 0 Å². The van der Waals surface area contributed by atoms with E-state index in [4.69, 9.17) is 5.73 Å². The van der Waals surface area contributed by atoms with Gasteiger partial charge in [0, 0.05) is 19.7 Å². The van der Waals surface area contributed by atoms with Gasteiger partial charge in [-0.1, -0.05) is 0 Å². The Bertz CT molecular complexity index is 224. The molecule has 3 nitrogen and oxygen atoms in total. The van der Waals surface area contributed by atoms with Crippen LogP contribution in [0.1, 0.15) is 5.69 Å². The van der Waals surface area contributed by atoms with Crippen LogP contribution in [-0.2, 0) is 13.5 Å². The maximum absolute atomic E-state index is 5.37. The van der Waals surface area contributed by atoms with E-state index in [0.29, 0.717) is 6.54 Å². The number of aryl methyl sites for hydroxylation is 1. The molecule has 0 fully saturated rings. The van der Waals surface area contributed by atoms with Gasteiger partial charge in [-0.15, -0.1) is 12.4 Å². The van der Waals surface area contributed by atoms with Crippen LogP contribution >= 0.6 is 28.3 Å². The third-order valence-corrected chi connectivity index (χ3v) is 1.90. The highest BCUT2D eigenvalue weighted by Gasteiger charge is 2.01. The summed E-state index contributed by atoms with van der Waals surface area (Å²) in [6, 6.07) is 0. The fourth-order valence-electron chi connectivity index (χ4n) is 0.812. The Labute approximate surface area is 80.5 Å². The van der Waals surface area contributed by atoms with Crippen molar-refractivity contribution in [3.05, 3.63) is 16.4 Å². The van der Waals surface area contributed by atoms with E-state index in [0.717, 1.165) is 16.6 Å². The number of hydrogen-bond donors (Lipinski definition) is 1. The van der Waals surface area contributed by atoms with Crippen LogP contribution in [0.2, 0.25) is 0 Å². The maximum Gasteiger partial charge on any atom is 0.0779 e. The molecule has 1 heterocycles. The van der Waals surface area contributed by atoms with Crippen molar-refractivity contribution in [2.75, 3.05) is 6.54 Å². The predicted octanol–water partition coefficient (Wildman–Crippen LogP) is 1.11. The molecule has 0 bridgehead atoms. The van der Waals surface area contributed by atoms with Crippen LogP contribution in [0.5, 0.6) is 0 Å². The van der Waals surface area contributed by atoms with E-state index in [1.54, 1.807) is 4.68 Å². The van der Waals surface area contributed by atoms with Crippen molar-refractivity contribution in [3.63, 3.8) is 0 Å². The van der Waals surface area contributed by atoms with Crippen molar-refractivity contribution in [2.24, 2.45) is 12.8 Å². The highest BCUT2D eigenvalue weighted by Crippen LogP contribution is 2.13. The Hall–Kier alpha value is -0.0600. The third kappa shape index (κ3) is 2.81. The van der Waals surface area contributed by atoms with Crippen LogP contribution in [0, 0.1) is 0 Å². The fraction of sp³-hybridized carbons (Fsp3) is 0.500. The van der Waals surface area contributed by atoms with Crippen molar-refractivity contribution in [1.29, 1.82) is 0 Å². The molecule has 0 aliphatic heterocycles. The summed E-state index contributed by atoms with van der Waals surface area (Å²) < 4.78 is 2.81. The number of nitrogens with two attached hydrogens (primary N) is 1. The van der Waals surface area contributed by atoms with E-state index in [2.05, 4.69) is 21.0 Å². The summed E-state index contributed by atoms with van der Waals surface area (Å²) in [5.41, 5.74) is 6.40. The number of rotatable bonds is 2. The molecule has 64 valence electrons. The van der Waals surface area contributed by atoms with Crippen LogP contribution in [0.3, 0.4) is 0 Å². The fourth-order valence-corrected chi connectivity index (χ4v) is 1.39. The third-order valence-electron chi connectivity index (χ3n) is 1.24. The monoisotopic (exact) mass is 239 g/mol. The number of aromatic nitrogens is 2. The van der Waals surface area contributed by atoms with E-state index in [1.165, 1.54) is 0 Å². The molecule has 11 heavy (non-hydrogen) atoms. The molecule has 0 spiro atoms. The summed E-state index contributed by atoms with van der Waals surface area (Å²) in [5, 5.41) is 4.19. The Morgan fingerprint density at radius 1 is 1.73 bits per heavy atom. The molecule has 1 aromatic heterocycles. The number of halogens is 2. The summed E-state index contributed by atoms with van der Waals surface area (Å²) in [4.78, 5) is 0. The first-order valence-electron chi connectivity index (χ1n) is 3.12. The van der Waals surface area contributed by atoms with Crippen LogP contribution in [0.4, 0.5) is 0 Å². The SMILES string of the molecule is Cl.Cn1cc(Br)c(CCN)n1. The maximum atomic E-state index is 5.37. The van der Waals surface area contributed by atoms with Gasteiger partial charge in [0.1, 0.15) is 0 Å². The van der Waals surface area contributed by atoms with Crippen LogP contribution in [0.25, 0.3) is 0 Å². The molecule has 0 amide bonds. The summed E-state index contributed by atoms with van der Waals surface area (Å²) >= 11 is 3.38. The highest BCUT2D eigenvalue weighted by atomic mass is 79.9. The quantitative estimate of drug-likeness (QED) is 0.841. The molecular weight excluding hydrogens is 229 g/mol. The highest BCUT2D eigenvalue weighted by molar-refractivity contribution is 9.10. The largest absolute Gasteiger partial charge is 0.330 e. The first kappa shape index (κ1) is 10.9. The lowest BCUT2D eigenvalue weighted by Gasteiger charge is -1.90. The average Bonchev–Trinajstić information content (AvgIpc) is 2.13. The molecule has 5 heteroatoms. The smallest absolute Gasteiger partial charge is 0.0779 e. The molecule has 0 unspecified atom stereocenters. The van der Waals surface area contributed by atoms with Crippen molar-refractivity contribution in [3.8, 4) is 0 Å². The molecule has 0 aliphatic rings. The first-order valence-corrected chi connectivity index (χ1v) is 3.91. The molecule has 1 rings (SSSR count). The minimum Gasteiger partial charge on any atom is -0.330 e. The number of nitrogens with zero attached hydrogens (tertiary/aromatic N) is 2. The molecule has 1 aromatic rings. The van der Waals surface area contributed by atoms with Crippen LogP contribution in [0.15, 0.2) is 10.7 Å². The van der Waals surface area contributed by atoms with Gasteiger partial charge in [0.25, 0.3) is 0 Å². The van der Waals surface area contributed by atoms with Crippen LogP contribution in [-0.4, -0.2) is 16.3 Å². The minimum absolute atomic E-state index is 0. The average molecular weight is 241 g/mol. The molecule has 0 atom stereocenters. The van der Waals surface area contributed by atoms with Crippen molar-refractivity contribution in [1.82, 2.24) is 9.78 Å². The van der Waals surface area contributed by atoms with Gasteiger partial charge in [0.05, 0.1) is 10.2 Å². The Morgan fingerprint density at radius 3 is 2.73 bits per heavy atom. The van der Waals surface area contributed by atoms with Gasteiger partial charge in [-0.2, -0.15) is 5.10 Å². The first-order chi connectivity index (χ1) is 4.74. The van der Waals surface area contributed by atoms with Crippen molar-refractivity contribution in [2.45, 2.75) is 6.42 Å². The zero-order chi connectivity index (χ0) is 7.56. The lowest BCUT2D eigenvalue weighted by Crippen LogP contribution is -2.04. The molecular formula is C6H11BrClN3. The van der Waals surface area contributed by atoms with Gasteiger partial charge in [-0.3, -0.25) is 4.68 Å². The second kappa shape index (κ2) is 4.74. The van der Waals surface area contributed by atoms with Crippen molar-refractivity contribution < 1.29 is 0 Å².